The fourth-order valence-corrected chi connectivity index (χ4v) is 1.47. The van der Waals surface area contributed by atoms with E-state index in [9.17, 15) is 9.50 Å². The monoisotopic (exact) mass is 261 g/mol. The molecule has 4 heteroatoms. The zero-order valence-corrected chi connectivity index (χ0v) is 11.3. The molecule has 0 saturated carbocycles. The maximum atomic E-state index is 13.4. The number of hydrogen-bond donors (Lipinski definition) is 2. The maximum Gasteiger partial charge on any atom is 0.128 e. The lowest BCUT2D eigenvalue weighted by Gasteiger charge is -2.29. The van der Waals surface area contributed by atoms with Gasteiger partial charge in [0.15, 0.2) is 0 Å². The van der Waals surface area contributed by atoms with Crippen molar-refractivity contribution >= 4 is 12.4 Å². The first kappa shape index (κ1) is 16.4. The van der Waals surface area contributed by atoms with Gasteiger partial charge in [0.2, 0.25) is 0 Å². The summed E-state index contributed by atoms with van der Waals surface area (Å²) in [4.78, 5) is 0. The molecular formula is C13H21ClFNO. The molecule has 0 radical (unpaired) electrons. The first-order chi connectivity index (χ1) is 7.32. The van der Waals surface area contributed by atoms with Crippen LogP contribution in [0.2, 0.25) is 0 Å². The largest absolute Gasteiger partial charge is 0.388 e. The summed E-state index contributed by atoms with van der Waals surface area (Å²) in [7, 11) is 0. The van der Waals surface area contributed by atoms with Crippen LogP contribution in [0, 0.1) is 11.2 Å². The Hall–Kier alpha value is -0.640. The zero-order chi connectivity index (χ0) is 12.3. The summed E-state index contributed by atoms with van der Waals surface area (Å²) in [6.07, 6.45) is -0.472. The van der Waals surface area contributed by atoms with E-state index in [-0.39, 0.29) is 29.7 Å². The topological polar surface area (TPSA) is 46.2 Å². The molecule has 2 atom stereocenters. The van der Waals surface area contributed by atoms with Crippen LogP contribution in [-0.2, 0) is 0 Å². The molecule has 3 N–H and O–H groups in total. The fraction of sp³-hybridized carbons (Fsp3) is 0.538. The van der Waals surface area contributed by atoms with Crippen LogP contribution in [0.25, 0.3) is 0 Å². The Kier molecular flexibility index (Phi) is 6.10. The predicted octanol–water partition coefficient (Wildman–Crippen LogP) is 3.04. The standard InChI is InChI=1S/C13H20FNO.ClH/c1-13(2,3)12(15)8-11(16)9-6-4-5-7-10(9)14;/h4-7,11-12,16H,8,15H2,1-3H3;1H/t11-,12+;/m0./s1. The van der Waals surface area contributed by atoms with Gasteiger partial charge in [-0.3, -0.25) is 0 Å². The van der Waals surface area contributed by atoms with Gasteiger partial charge in [-0.25, -0.2) is 4.39 Å². The van der Waals surface area contributed by atoms with Crippen LogP contribution >= 0.6 is 12.4 Å². The first-order valence-corrected chi connectivity index (χ1v) is 5.50. The Morgan fingerprint density at radius 2 is 1.82 bits per heavy atom. The van der Waals surface area contributed by atoms with Crippen LogP contribution in [0.1, 0.15) is 38.9 Å². The first-order valence-electron chi connectivity index (χ1n) is 5.50. The van der Waals surface area contributed by atoms with Crippen molar-refractivity contribution in [2.75, 3.05) is 0 Å². The van der Waals surface area contributed by atoms with Gasteiger partial charge in [-0.1, -0.05) is 39.0 Å². The molecule has 0 heterocycles. The van der Waals surface area contributed by atoms with E-state index in [2.05, 4.69) is 0 Å². The van der Waals surface area contributed by atoms with Crippen molar-refractivity contribution in [1.29, 1.82) is 0 Å². The van der Waals surface area contributed by atoms with Gasteiger partial charge in [0, 0.05) is 11.6 Å². The summed E-state index contributed by atoms with van der Waals surface area (Å²) in [5.74, 6) is -0.379. The summed E-state index contributed by atoms with van der Waals surface area (Å²) in [5.41, 5.74) is 6.19. The third kappa shape index (κ3) is 4.62. The molecule has 0 aliphatic rings. The lowest BCUT2D eigenvalue weighted by atomic mass is 9.83. The minimum Gasteiger partial charge on any atom is -0.388 e. The summed E-state index contributed by atoms with van der Waals surface area (Å²) in [5, 5.41) is 9.92. The van der Waals surface area contributed by atoms with E-state index in [4.69, 9.17) is 5.73 Å². The van der Waals surface area contributed by atoms with Gasteiger partial charge in [0.1, 0.15) is 5.82 Å². The molecule has 0 aliphatic heterocycles. The molecule has 1 aromatic rings. The van der Waals surface area contributed by atoms with Crippen molar-refractivity contribution in [1.82, 2.24) is 0 Å². The molecule has 17 heavy (non-hydrogen) atoms. The van der Waals surface area contributed by atoms with Crippen molar-refractivity contribution in [3.05, 3.63) is 35.6 Å². The SMILES string of the molecule is CC(C)(C)[C@H](N)C[C@H](O)c1ccccc1F.Cl. The minimum atomic E-state index is -0.838. The second-order valence-corrected chi connectivity index (χ2v) is 5.25. The quantitative estimate of drug-likeness (QED) is 0.879. The van der Waals surface area contributed by atoms with E-state index in [0.717, 1.165) is 0 Å². The summed E-state index contributed by atoms with van der Waals surface area (Å²) in [6, 6.07) is 6.10. The van der Waals surface area contributed by atoms with Gasteiger partial charge in [0.05, 0.1) is 6.10 Å². The second-order valence-electron chi connectivity index (χ2n) is 5.25. The Morgan fingerprint density at radius 3 is 2.29 bits per heavy atom. The molecule has 0 bridgehead atoms. The van der Waals surface area contributed by atoms with E-state index in [1.807, 2.05) is 20.8 Å². The molecule has 1 rings (SSSR count). The van der Waals surface area contributed by atoms with E-state index < -0.39 is 6.10 Å². The average Bonchev–Trinajstić information content (AvgIpc) is 2.16. The molecule has 0 unspecified atom stereocenters. The van der Waals surface area contributed by atoms with E-state index >= 15 is 0 Å². The molecule has 0 aliphatic carbocycles. The second kappa shape index (κ2) is 6.34. The van der Waals surface area contributed by atoms with Gasteiger partial charge >= 0.3 is 0 Å². The summed E-state index contributed by atoms with van der Waals surface area (Å²) >= 11 is 0. The van der Waals surface area contributed by atoms with Gasteiger partial charge in [0.25, 0.3) is 0 Å². The van der Waals surface area contributed by atoms with Crippen LogP contribution in [-0.4, -0.2) is 11.1 Å². The van der Waals surface area contributed by atoms with Gasteiger partial charge in [-0.15, -0.1) is 12.4 Å². The van der Waals surface area contributed by atoms with E-state index in [1.165, 1.54) is 6.07 Å². The highest BCUT2D eigenvalue weighted by Crippen LogP contribution is 2.27. The van der Waals surface area contributed by atoms with Gasteiger partial charge < -0.3 is 10.8 Å². The number of rotatable bonds is 3. The molecule has 0 amide bonds. The number of halogens is 2. The number of hydrogen-bond acceptors (Lipinski definition) is 2. The van der Waals surface area contributed by atoms with Crippen LogP contribution in [0.4, 0.5) is 4.39 Å². The van der Waals surface area contributed by atoms with Crippen molar-refractivity contribution in [3.63, 3.8) is 0 Å². The molecule has 0 saturated heterocycles. The van der Waals surface area contributed by atoms with Crippen LogP contribution < -0.4 is 5.73 Å². The van der Waals surface area contributed by atoms with Crippen molar-refractivity contribution in [2.45, 2.75) is 39.3 Å². The highest BCUT2D eigenvalue weighted by Gasteiger charge is 2.24. The Bertz CT molecular complexity index is 352. The fourth-order valence-electron chi connectivity index (χ4n) is 1.47. The minimum absolute atomic E-state index is 0. The molecule has 0 fully saturated rings. The van der Waals surface area contributed by atoms with Gasteiger partial charge in [-0.05, 0) is 17.9 Å². The highest BCUT2D eigenvalue weighted by atomic mass is 35.5. The van der Waals surface area contributed by atoms with Gasteiger partial charge in [-0.2, -0.15) is 0 Å². The third-order valence-electron chi connectivity index (χ3n) is 2.85. The summed E-state index contributed by atoms with van der Waals surface area (Å²) in [6.45, 7) is 6.02. The van der Waals surface area contributed by atoms with Crippen LogP contribution in [0.3, 0.4) is 0 Å². The third-order valence-corrected chi connectivity index (χ3v) is 2.85. The van der Waals surface area contributed by atoms with Crippen molar-refractivity contribution in [2.24, 2.45) is 11.1 Å². The number of nitrogens with two attached hydrogens (primary N) is 1. The number of aliphatic hydroxyl groups is 1. The number of aliphatic hydroxyl groups excluding tert-OH is 1. The molecular weight excluding hydrogens is 241 g/mol. The normalized spacial score (nSPS) is 14.9. The van der Waals surface area contributed by atoms with Crippen LogP contribution in [0.15, 0.2) is 24.3 Å². The van der Waals surface area contributed by atoms with Crippen LogP contribution in [0.5, 0.6) is 0 Å². The molecule has 98 valence electrons. The number of benzene rings is 1. The van der Waals surface area contributed by atoms with Crippen molar-refractivity contribution in [3.8, 4) is 0 Å². The molecule has 0 aromatic heterocycles. The molecule has 1 aromatic carbocycles. The van der Waals surface area contributed by atoms with E-state index in [0.29, 0.717) is 12.0 Å². The molecule has 2 nitrogen and oxygen atoms in total. The average molecular weight is 262 g/mol. The van der Waals surface area contributed by atoms with E-state index in [1.54, 1.807) is 18.2 Å². The Balaban J connectivity index is 0.00000256. The lowest BCUT2D eigenvalue weighted by Crippen LogP contribution is -2.36. The highest BCUT2D eigenvalue weighted by molar-refractivity contribution is 5.85. The molecule has 0 spiro atoms. The zero-order valence-electron chi connectivity index (χ0n) is 10.5. The maximum absolute atomic E-state index is 13.4. The predicted molar refractivity (Wildman–Crippen MR) is 70.7 cm³/mol. The summed E-state index contributed by atoms with van der Waals surface area (Å²) < 4.78 is 13.4. The smallest absolute Gasteiger partial charge is 0.128 e. The van der Waals surface area contributed by atoms with Crippen molar-refractivity contribution < 1.29 is 9.50 Å². The Morgan fingerprint density at radius 1 is 1.29 bits per heavy atom. The lowest BCUT2D eigenvalue weighted by molar-refractivity contribution is 0.130. The Labute approximate surface area is 108 Å².